The van der Waals surface area contributed by atoms with Crippen LogP contribution >= 0.6 is 0 Å². The van der Waals surface area contributed by atoms with Crippen LogP contribution in [0.5, 0.6) is 17.2 Å². The van der Waals surface area contributed by atoms with Crippen molar-refractivity contribution in [2.45, 2.75) is 20.3 Å². The summed E-state index contributed by atoms with van der Waals surface area (Å²) in [5.74, 6) is 0.597. The van der Waals surface area contributed by atoms with E-state index in [-0.39, 0.29) is 31.4 Å². The topological polar surface area (TPSA) is 100 Å². The van der Waals surface area contributed by atoms with Crippen LogP contribution in [0.15, 0.2) is 53.1 Å². The maximum atomic E-state index is 12.8. The highest BCUT2D eigenvalue weighted by molar-refractivity contribution is 5.99. The largest absolute Gasteiger partial charge is 0.508 e. The van der Waals surface area contributed by atoms with E-state index >= 15 is 0 Å². The van der Waals surface area contributed by atoms with Gasteiger partial charge in [-0.1, -0.05) is 0 Å². The van der Waals surface area contributed by atoms with Crippen LogP contribution in [-0.4, -0.2) is 34.8 Å². The van der Waals surface area contributed by atoms with Crippen molar-refractivity contribution >= 4 is 22.7 Å². The number of esters is 1. The van der Waals surface area contributed by atoms with Crippen LogP contribution in [0.3, 0.4) is 0 Å². The van der Waals surface area contributed by atoms with Gasteiger partial charge in [-0.05, 0) is 44.2 Å². The Hall–Kier alpha value is -4.20. The van der Waals surface area contributed by atoms with Gasteiger partial charge >= 0.3 is 5.97 Å². The molecule has 1 aliphatic heterocycles. The number of rotatable bonds is 6. The number of phenolic OH excluding ortho intramolecular Hbond substituents is 1. The highest BCUT2D eigenvalue weighted by Gasteiger charge is 2.21. The second-order valence-electron chi connectivity index (χ2n) is 7.86. The number of aryl methyl sites for hydroxylation is 1. The smallest absolute Gasteiger partial charge is 0.310 e. The minimum atomic E-state index is -0.538. The summed E-state index contributed by atoms with van der Waals surface area (Å²) < 4.78 is 23.4. The average Bonchev–Trinajstić information content (AvgIpc) is 3.49. The lowest BCUT2D eigenvalue weighted by Gasteiger charge is -2.11. The molecule has 0 fully saturated rings. The van der Waals surface area contributed by atoms with Gasteiger partial charge in [-0.25, -0.2) is 0 Å². The standard InChI is InChI=1S/C25H21NO7/c1-14-7-20(15(2)26(14)17-3-6-22-24(9-17)33-13-32-22)21(28)12-31-25(29)8-16-11-30-23-10-18(27)4-5-19(16)23/h3-7,9-11,27H,8,12-13H2,1-2H3. The van der Waals surface area contributed by atoms with Crippen molar-refractivity contribution in [3.63, 3.8) is 0 Å². The van der Waals surface area contributed by atoms with Crippen molar-refractivity contribution in [3.8, 4) is 22.9 Å². The first kappa shape index (κ1) is 20.7. The quantitative estimate of drug-likeness (QED) is 0.348. The van der Waals surface area contributed by atoms with Gasteiger partial charge in [0.1, 0.15) is 11.3 Å². The molecule has 0 saturated heterocycles. The number of phenols is 1. The molecule has 168 valence electrons. The number of ketones is 1. The van der Waals surface area contributed by atoms with Crippen LogP contribution in [0.1, 0.15) is 27.3 Å². The van der Waals surface area contributed by atoms with Crippen molar-refractivity contribution in [2.24, 2.45) is 0 Å². The van der Waals surface area contributed by atoms with Gasteiger partial charge in [0.25, 0.3) is 0 Å². The zero-order valence-electron chi connectivity index (χ0n) is 18.1. The number of furan rings is 1. The zero-order chi connectivity index (χ0) is 23.1. The predicted molar refractivity (Wildman–Crippen MR) is 118 cm³/mol. The highest BCUT2D eigenvalue weighted by Crippen LogP contribution is 2.35. The molecule has 0 radical (unpaired) electrons. The molecule has 0 spiro atoms. The van der Waals surface area contributed by atoms with Gasteiger partial charge in [0.05, 0.1) is 12.7 Å². The first-order chi connectivity index (χ1) is 15.9. The predicted octanol–water partition coefficient (Wildman–Crippen LogP) is 4.24. The summed E-state index contributed by atoms with van der Waals surface area (Å²) >= 11 is 0. The molecule has 0 atom stereocenters. The third-order valence-electron chi connectivity index (χ3n) is 5.68. The molecule has 0 aliphatic carbocycles. The summed E-state index contributed by atoms with van der Waals surface area (Å²) in [5.41, 5.74) is 4.06. The molecule has 8 nitrogen and oxygen atoms in total. The Morgan fingerprint density at radius 2 is 1.88 bits per heavy atom. The molecule has 8 heteroatoms. The third kappa shape index (κ3) is 3.80. The van der Waals surface area contributed by atoms with Crippen molar-refractivity contribution in [2.75, 3.05) is 13.4 Å². The molecular weight excluding hydrogens is 426 g/mol. The number of nitrogens with zero attached hydrogens (tertiary/aromatic N) is 1. The molecule has 5 rings (SSSR count). The number of hydrogen-bond acceptors (Lipinski definition) is 7. The van der Waals surface area contributed by atoms with Gasteiger partial charge in [0.15, 0.2) is 18.1 Å². The molecule has 1 aliphatic rings. The van der Waals surface area contributed by atoms with Crippen LogP contribution in [0.4, 0.5) is 0 Å². The average molecular weight is 447 g/mol. The normalized spacial score (nSPS) is 12.3. The Morgan fingerprint density at radius 3 is 2.73 bits per heavy atom. The van der Waals surface area contributed by atoms with Gasteiger partial charge in [0.2, 0.25) is 12.6 Å². The van der Waals surface area contributed by atoms with Gasteiger partial charge in [-0.2, -0.15) is 0 Å². The third-order valence-corrected chi connectivity index (χ3v) is 5.68. The Kier molecular flexibility index (Phi) is 5.05. The molecule has 2 aromatic carbocycles. The van der Waals surface area contributed by atoms with E-state index in [4.69, 9.17) is 18.6 Å². The molecule has 0 amide bonds. The molecule has 0 bridgehead atoms. The Balaban J connectivity index is 1.28. The SMILES string of the molecule is Cc1cc(C(=O)COC(=O)Cc2coc3cc(O)ccc23)c(C)n1-c1ccc2c(c1)OCO2. The minimum absolute atomic E-state index is 0.0404. The monoisotopic (exact) mass is 447 g/mol. The molecule has 2 aromatic heterocycles. The first-order valence-corrected chi connectivity index (χ1v) is 10.4. The summed E-state index contributed by atoms with van der Waals surface area (Å²) in [6.07, 6.45) is 1.41. The van der Waals surface area contributed by atoms with E-state index in [9.17, 15) is 14.7 Å². The van der Waals surface area contributed by atoms with Gasteiger partial charge in [-0.3, -0.25) is 9.59 Å². The van der Waals surface area contributed by atoms with E-state index in [1.165, 1.54) is 18.4 Å². The highest BCUT2D eigenvalue weighted by atomic mass is 16.7. The fraction of sp³-hybridized carbons (Fsp3) is 0.200. The molecule has 4 aromatic rings. The second kappa shape index (κ2) is 8.05. The van der Waals surface area contributed by atoms with Crippen molar-refractivity contribution < 1.29 is 33.3 Å². The lowest BCUT2D eigenvalue weighted by Crippen LogP contribution is -2.16. The molecular formula is C25H21NO7. The Bertz CT molecular complexity index is 1400. The first-order valence-electron chi connectivity index (χ1n) is 10.4. The van der Waals surface area contributed by atoms with E-state index < -0.39 is 5.97 Å². The van der Waals surface area contributed by atoms with E-state index in [0.717, 1.165) is 17.1 Å². The lowest BCUT2D eigenvalue weighted by molar-refractivity contribution is -0.141. The summed E-state index contributed by atoms with van der Waals surface area (Å²) in [4.78, 5) is 25.2. The van der Waals surface area contributed by atoms with Crippen molar-refractivity contribution in [1.29, 1.82) is 0 Å². The number of carbonyl (C=O) groups is 2. The zero-order valence-corrected chi connectivity index (χ0v) is 18.1. The van der Waals surface area contributed by atoms with E-state index in [1.54, 1.807) is 12.1 Å². The summed E-state index contributed by atoms with van der Waals surface area (Å²) in [5, 5.41) is 10.2. The number of aromatic hydroxyl groups is 1. The van der Waals surface area contributed by atoms with Crippen LogP contribution in [0.2, 0.25) is 0 Å². The number of aromatic nitrogens is 1. The molecule has 1 N–H and O–H groups in total. The van der Waals surface area contributed by atoms with Crippen LogP contribution in [0.25, 0.3) is 16.7 Å². The summed E-state index contributed by atoms with van der Waals surface area (Å²) in [7, 11) is 0. The minimum Gasteiger partial charge on any atom is -0.508 e. The number of carbonyl (C=O) groups excluding carboxylic acids is 2. The van der Waals surface area contributed by atoms with E-state index in [1.807, 2.05) is 36.6 Å². The number of Topliss-reactive ketones (excluding diaryl/α,β-unsaturated/α-hetero) is 1. The maximum Gasteiger partial charge on any atom is 0.310 e. The lowest BCUT2D eigenvalue weighted by atomic mass is 10.1. The number of fused-ring (bicyclic) bond motifs is 2. The van der Waals surface area contributed by atoms with Crippen LogP contribution < -0.4 is 9.47 Å². The molecule has 3 heterocycles. The Morgan fingerprint density at radius 1 is 1.06 bits per heavy atom. The van der Waals surface area contributed by atoms with Crippen LogP contribution in [-0.2, 0) is 16.0 Å². The van der Waals surface area contributed by atoms with E-state index in [2.05, 4.69) is 0 Å². The van der Waals surface area contributed by atoms with Crippen molar-refractivity contribution in [1.82, 2.24) is 4.57 Å². The molecule has 33 heavy (non-hydrogen) atoms. The number of ether oxygens (including phenoxy) is 3. The summed E-state index contributed by atoms with van der Waals surface area (Å²) in [6, 6.07) is 12.1. The van der Waals surface area contributed by atoms with Crippen molar-refractivity contribution in [3.05, 3.63) is 71.2 Å². The maximum absolute atomic E-state index is 12.8. The Labute approximate surface area is 188 Å². The number of benzene rings is 2. The molecule has 0 unspecified atom stereocenters. The van der Waals surface area contributed by atoms with Gasteiger partial charge in [0, 0.05) is 45.7 Å². The van der Waals surface area contributed by atoms with Gasteiger partial charge < -0.3 is 28.3 Å². The second-order valence-corrected chi connectivity index (χ2v) is 7.86. The fourth-order valence-electron chi connectivity index (χ4n) is 4.11. The van der Waals surface area contributed by atoms with Crippen LogP contribution in [0, 0.1) is 13.8 Å². The van der Waals surface area contributed by atoms with Gasteiger partial charge in [-0.15, -0.1) is 0 Å². The fourth-order valence-corrected chi connectivity index (χ4v) is 4.11. The summed E-state index contributed by atoms with van der Waals surface area (Å²) in [6.45, 7) is 3.58. The number of hydrogen-bond donors (Lipinski definition) is 1. The molecule has 0 saturated carbocycles. The van der Waals surface area contributed by atoms with E-state index in [0.29, 0.717) is 33.6 Å².